The van der Waals surface area contributed by atoms with E-state index in [0.717, 1.165) is 25.2 Å². The summed E-state index contributed by atoms with van der Waals surface area (Å²) in [6, 6.07) is 8.58. The SMILES string of the molecule is CN1CCC2=C(NN)c3ccccc3[C@@H]2C1. The molecule has 1 fully saturated rings. The first-order valence-corrected chi connectivity index (χ1v) is 5.78. The van der Waals surface area contributed by atoms with Gasteiger partial charge in [0.05, 0.1) is 5.70 Å². The molecular weight excluding hydrogens is 198 g/mol. The number of piperidine rings is 1. The monoisotopic (exact) mass is 215 g/mol. The van der Waals surface area contributed by atoms with Crippen molar-refractivity contribution >= 4 is 5.70 Å². The molecule has 1 saturated heterocycles. The fourth-order valence-corrected chi connectivity index (χ4v) is 2.96. The Labute approximate surface area is 95.9 Å². The molecule has 16 heavy (non-hydrogen) atoms. The largest absolute Gasteiger partial charge is 0.324 e. The molecule has 1 aromatic carbocycles. The van der Waals surface area contributed by atoms with E-state index in [2.05, 4.69) is 41.6 Å². The van der Waals surface area contributed by atoms with E-state index >= 15 is 0 Å². The second kappa shape index (κ2) is 3.61. The summed E-state index contributed by atoms with van der Waals surface area (Å²) < 4.78 is 0. The van der Waals surface area contributed by atoms with Gasteiger partial charge in [-0.3, -0.25) is 5.84 Å². The highest BCUT2D eigenvalue weighted by molar-refractivity contribution is 5.77. The average Bonchev–Trinajstić information content (AvgIpc) is 2.62. The summed E-state index contributed by atoms with van der Waals surface area (Å²) in [6.07, 6.45) is 1.12. The van der Waals surface area contributed by atoms with E-state index in [1.165, 1.54) is 16.7 Å². The maximum absolute atomic E-state index is 5.67. The van der Waals surface area contributed by atoms with Crippen LogP contribution in [0.5, 0.6) is 0 Å². The molecule has 0 aromatic heterocycles. The Balaban J connectivity index is 2.11. The summed E-state index contributed by atoms with van der Waals surface area (Å²) in [4.78, 5) is 2.39. The van der Waals surface area contributed by atoms with Crippen molar-refractivity contribution in [1.29, 1.82) is 0 Å². The van der Waals surface area contributed by atoms with E-state index in [1.807, 2.05) is 0 Å². The summed E-state index contributed by atoms with van der Waals surface area (Å²) in [7, 11) is 2.19. The number of nitrogens with two attached hydrogens (primary N) is 1. The van der Waals surface area contributed by atoms with E-state index in [9.17, 15) is 0 Å². The molecule has 3 heteroatoms. The van der Waals surface area contributed by atoms with Gasteiger partial charge in [0.15, 0.2) is 0 Å². The van der Waals surface area contributed by atoms with E-state index in [1.54, 1.807) is 0 Å². The fourth-order valence-electron chi connectivity index (χ4n) is 2.96. The van der Waals surface area contributed by atoms with E-state index in [0.29, 0.717) is 5.92 Å². The van der Waals surface area contributed by atoms with Gasteiger partial charge in [-0.1, -0.05) is 24.3 Å². The maximum atomic E-state index is 5.67. The summed E-state index contributed by atoms with van der Waals surface area (Å²) in [5.74, 6) is 6.21. The van der Waals surface area contributed by atoms with Crippen molar-refractivity contribution in [3.63, 3.8) is 0 Å². The Kier molecular flexibility index (Phi) is 2.23. The molecule has 0 spiro atoms. The molecule has 1 aliphatic heterocycles. The molecule has 3 rings (SSSR count). The number of hydrogen-bond donors (Lipinski definition) is 2. The Morgan fingerprint density at radius 1 is 1.38 bits per heavy atom. The van der Waals surface area contributed by atoms with Crippen LogP contribution in [0.1, 0.15) is 23.5 Å². The van der Waals surface area contributed by atoms with Gasteiger partial charge in [0.25, 0.3) is 0 Å². The first kappa shape index (κ1) is 9.87. The second-order valence-electron chi connectivity index (χ2n) is 4.70. The van der Waals surface area contributed by atoms with Crippen LogP contribution in [-0.4, -0.2) is 25.0 Å². The van der Waals surface area contributed by atoms with Gasteiger partial charge in [0, 0.05) is 24.6 Å². The number of hydrogen-bond acceptors (Lipinski definition) is 3. The number of likely N-dealkylation sites (tertiary alicyclic amines) is 1. The minimum absolute atomic E-state index is 0.543. The molecule has 1 aromatic rings. The lowest BCUT2D eigenvalue weighted by atomic mass is 9.90. The molecule has 0 bridgehead atoms. The number of hydrazine groups is 1. The zero-order valence-electron chi connectivity index (χ0n) is 9.53. The van der Waals surface area contributed by atoms with Crippen LogP contribution in [0.15, 0.2) is 29.8 Å². The van der Waals surface area contributed by atoms with Crippen molar-refractivity contribution in [3.05, 3.63) is 41.0 Å². The Morgan fingerprint density at radius 3 is 3.00 bits per heavy atom. The Hall–Kier alpha value is -1.32. The highest BCUT2D eigenvalue weighted by Crippen LogP contribution is 2.43. The molecule has 84 valence electrons. The van der Waals surface area contributed by atoms with E-state index < -0.39 is 0 Å². The number of nitrogens with zero attached hydrogens (tertiary/aromatic N) is 1. The number of nitrogens with one attached hydrogen (secondary N) is 1. The minimum Gasteiger partial charge on any atom is -0.324 e. The predicted octanol–water partition coefficient (Wildman–Crippen LogP) is 1.29. The van der Waals surface area contributed by atoms with Crippen LogP contribution in [0.25, 0.3) is 5.70 Å². The highest BCUT2D eigenvalue weighted by Gasteiger charge is 2.33. The van der Waals surface area contributed by atoms with Gasteiger partial charge in [-0.2, -0.15) is 0 Å². The lowest BCUT2D eigenvalue weighted by molar-refractivity contribution is 0.293. The average molecular weight is 215 g/mol. The van der Waals surface area contributed by atoms with Crippen LogP contribution < -0.4 is 11.3 Å². The van der Waals surface area contributed by atoms with Crippen molar-refractivity contribution in [3.8, 4) is 0 Å². The van der Waals surface area contributed by atoms with Crippen molar-refractivity contribution in [1.82, 2.24) is 10.3 Å². The third kappa shape index (κ3) is 1.29. The topological polar surface area (TPSA) is 41.3 Å². The van der Waals surface area contributed by atoms with Crippen LogP contribution in [0, 0.1) is 0 Å². The molecule has 0 radical (unpaired) electrons. The Bertz CT molecular complexity index is 450. The number of benzene rings is 1. The second-order valence-corrected chi connectivity index (χ2v) is 4.70. The maximum Gasteiger partial charge on any atom is 0.0559 e. The summed E-state index contributed by atoms with van der Waals surface area (Å²) in [6.45, 7) is 2.24. The van der Waals surface area contributed by atoms with Crippen LogP contribution in [0.4, 0.5) is 0 Å². The fraction of sp³-hybridized carbons (Fsp3) is 0.385. The lowest BCUT2D eigenvalue weighted by Crippen LogP contribution is -2.32. The van der Waals surface area contributed by atoms with Crippen molar-refractivity contribution in [2.24, 2.45) is 5.84 Å². The van der Waals surface area contributed by atoms with Crippen molar-refractivity contribution < 1.29 is 0 Å². The van der Waals surface area contributed by atoms with Gasteiger partial charge >= 0.3 is 0 Å². The molecule has 1 heterocycles. The van der Waals surface area contributed by atoms with Crippen LogP contribution in [0.2, 0.25) is 0 Å². The zero-order valence-corrected chi connectivity index (χ0v) is 9.53. The predicted molar refractivity (Wildman–Crippen MR) is 65.5 cm³/mol. The van der Waals surface area contributed by atoms with E-state index in [4.69, 9.17) is 5.84 Å². The Morgan fingerprint density at radius 2 is 2.19 bits per heavy atom. The third-order valence-electron chi connectivity index (χ3n) is 3.75. The quantitative estimate of drug-likeness (QED) is 0.548. The van der Waals surface area contributed by atoms with Gasteiger partial charge in [0.2, 0.25) is 0 Å². The zero-order chi connectivity index (χ0) is 11.1. The third-order valence-corrected chi connectivity index (χ3v) is 3.75. The molecule has 2 aliphatic rings. The van der Waals surface area contributed by atoms with Crippen molar-refractivity contribution in [2.45, 2.75) is 12.3 Å². The van der Waals surface area contributed by atoms with Gasteiger partial charge in [-0.25, -0.2) is 0 Å². The first-order valence-electron chi connectivity index (χ1n) is 5.78. The number of likely N-dealkylation sites (N-methyl/N-ethyl adjacent to an activating group) is 1. The summed E-state index contributed by atoms with van der Waals surface area (Å²) in [5.41, 5.74) is 8.26. The number of rotatable bonds is 1. The van der Waals surface area contributed by atoms with Gasteiger partial charge in [-0.05, 0) is 24.6 Å². The molecule has 3 nitrogen and oxygen atoms in total. The van der Waals surface area contributed by atoms with E-state index in [-0.39, 0.29) is 0 Å². The molecular formula is C13H17N3. The standard InChI is InChI=1S/C13H17N3/c1-16-7-6-11-12(8-16)9-4-2-3-5-10(9)13(11)15-14/h2-5,12,15H,6-8,14H2,1H3/t12-/m0/s1. The van der Waals surface area contributed by atoms with Crippen molar-refractivity contribution in [2.75, 3.05) is 20.1 Å². The number of fused-ring (bicyclic) bond motifs is 3. The molecule has 0 amide bonds. The minimum atomic E-state index is 0.543. The molecule has 0 saturated carbocycles. The smallest absolute Gasteiger partial charge is 0.0559 e. The lowest BCUT2D eigenvalue weighted by Gasteiger charge is -2.30. The van der Waals surface area contributed by atoms with Gasteiger partial charge in [0.1, 0.15) is 0 Å². The molecule has 0 unspecified atom stereocenters. The molecule has 1 atom stereocenters. The van der Waals surface area contributed by atoms with Crippen LogP contribution in [-0.2, 0) is 0 Å². The highest BCUT2D eigenvalue weighted by atomic mass is 15.2. The van der Waals surface area contributed by atoms with Crippen LogP contribution in [0.3, 0.4) is 0 Å². The molecule has 3 N–H and O–H groups in total. The summed E-state index contributed by atoms with van der Waals surface area (Å²) in [5, 5.41) is 0. The molecule has 1 aliphatic carbocycles. The van der Waals surface area contributed by atoms with Gasteiger partial charge in [-0.15, -0.1) is 0 Å². The van der Waals surface area contributed by atoms with Gasteiger partial charge < -0.3 is 10.3 Å². The first-order chi connectivity index (χ1) is 7.81. The summed E-state index contributed by atoms with van der Waals surface area (Å²) >= 11 is 0. The normalized spacial score (nSPS) is 24.2. The van der Waals surface area contributed by atoms with Crippen LogP contribution >= 0.6 is 0 Å².